The van der Waals surface area contributed by atoms with Gasteiger partial charge in [0.15, 0.2) is 0 Å². The van der Waals surface area contributed by atoms with Crippen LogP contribution in [0.4, 0.5) is 11.4 Å². The highest BCUT2D eigenvalue weighted by atomic mass is 16.5. The zero-order valence-electron chi connectivity index (χ0n) is 10.5. The molecular formula is C14H17N3O. The van der Waals surface area contributed by atoms with Crippen molar-refractivity contribution in [2.75, 3.05) is 30.8 Å². The summed E-state index contributed by atoms with van der Waals surface area (Å²) >= 11 is 0. The van der Waals surface area contributed by atoms with Crippen molar-refractivity contribution in [2.45, 2.75) is 12.5 Å². The summed E-state index contributed by atoms with van der Waals surface area (Å²) in [4.78, 5) is 6.51. The fraction of sp³-hybridized carbons (Fsp3) is 0.357. The maximum atomic E-state index is 5.99. The van der Waals surface area contributed by atoms with E-state index in [0.717, 1.165) is 30.6 Å². The van der Waals surface area contributed by atoms with Crippen LogP contribution in [0.1, 0.15) is 6.42 Å². The number of ether oxygens (including phenoxy) is 1. The molecule has 1 aliphatic rings. The molecule has 2 aromatic rings. The molecule has 0 saturated carbocycles. The van der Waals surface area contributed by atoms with E-state index in [1.165, 1.54) is 11.1 Å². The molecule has 2 N–H and O–H groups in total. The Kier molecular flexibility index (Phi) is 2.80. The van der Waals surface area contributed by atoms with Crippen LogP contribution in [0.2, 0.25) is 0 Å². The van der Waals surface area contributed by atoms with Crippen molar-refractivity contribution in [3.05, 3.63) is 30.6 Å². The first kappa shape index (κ1) is 11.3. The van der Waals surface area contributed by atoms with E-state index in [-0.39, 0.29) is 0 Å². The summed E-state index contributed by atoms with van der Waals surface area (Å²) in [7, 11) is 1.78. The minimum Gasteiger partial charge on any atom is -0.398 e. The van der Waals surface area contributed by atoms with Gasteiger partial charge in [-0.05, 0) is 24.6 Å². The molecule has 0 bridgehead atoms. The second-order valence-electron chi connectivity index (χ2n) is 4.69. The Morgan fingerprint density at radius 1 is 1.33 bits per heavy atom. The molecule has 1 aliphatic heterocycles. The third-order valence-corrected chi connectivity index (χ3v) is 3.65. The van der Waals surface area contributed by atoms with E-state index < -0.39 is 0 Å². The highest BCUT2D eigenvalue weighted by molar-refractivity contribution is 6.00. The number of nitrogens with zero attached hydrogens (tertiary/aromatic N) is 2. The van der Waals surface area contributed by atoms with Gasteiger partial charge in [0.25, 0.3) is 0 Å². The normalized spacial score (nSPS) is 19.6. The SMILES string of the molecule is COC1CCN(c2ccc(N)c3cnccc23)C1. The van der Waals surface area contributed by atoms with Crippen LogP contribution in [0.3, 0.4) is 0 Å². The lowest BCUT2D eigenvalue weighted by Crippen LogP contribution is -2.22. The maximum Gasteiger partial charge on any atom is 0.0762 e. The molecule has 0 spiro atoms. The number of pyridine rings is 1. The van der Waals surface area contributed by atoms with Gasteiger partial charge < -0.3 is 15.4 Å². The van der Waals surface area contributed by atoms with Crippen LogP contribution in [0.25, 0.3) is 10.8 Å². The molecule has 4 heteroatoms. The van der Waals surface area contributed by atoms with Gasteiger partial charge in [0.05, 0.1) is 6.10 Å². The monoisotopic (exact) mass is 243 g/mol. The van der Waals surface area contributed by atoms with Crippen LogP contribution in [-0.2, 0) is 4.74 Å². The largest absolute Gasteiger partial charge is 0.398 e. The third kappa shape index (κ3) is 1.78. The number of hydrogen-bond acceptors (Lipinski definition) is 4. The molecule has 1 saturated heterocycles. The van der Waals surface area contributed by atoms with Crippen molar-refractivity contribution in [1.29, 1.82) is 0 Å². The van der Waals surface area contributed by atoms with Crippen LogP contribution in [0.5, 0.6) is 0 Å². The third-order valence-electron chi connectivity index (χ3n) is 3.65. The smallest absolute Gasteiger partial charge is 0.0762 e. The summed E-state index contributed by atoms with van der Waals surface area (Å²) < 4.78 is 5.42. The van der Waals surface area contributed by atoms with Gasteiger partial charge in [-0.15, -0.1) is 0 Å². The maximum absolute atomic E-state index is 5.99. The van der Waals surface area contributed by atoms with E-state index in [1.54, 1.807) is 7.11 Å². The number of rotatable bonds is 2. The van der Waals surface area contributed by atoms with Gasteiger partial charge >= 0.3 is 0 Å². The Morgan fingerprint density at radius 3 is 3.00 bits per heavy atom. The molecule has 0 aliphatic carbocycles. The van der Waals surface area contributed by atoms with Crippen molar-refractivity contribution >= 4 is 22.1 Å². The minimum absolute atomic E-state index is 0.333. The summed E-state index contributed by atoms with van der Waals surface area (Å²) in [5.41, 5.74) is 8.00. The van der Waals surface area contributed by atoms with Gasteiger partial charge in [-0.1, -0.05) is 0 Å². The van der Waals surface area contributed by atoms with Gasteiger partial charge in [0, 0.05) is 54.7 Å². The summed E-state index contributed by atoms with van der Waals surface area (Å²) in [6.45, 7) is 1.97. The lowest BCUT2D eigenvalue weighted by molar-refractivity contribution is 0.121. The summed E-state index contributed by atoms with van der Waals surface area (Å²) in [6, 6.07) is 6.08. The molecule has 1 aromatic carbocycles. The molecule has 18 heavy (non-hydrogen) atoms. The fourth-order valence-electron chi connectivity index (χ4n) is 2.61. The van der Waals surface area contributed by atoms with Gasteiger partial charge in [0.2, 0.25) is 0 Å². The van der Waals surface area contributed by atoms with E-state index in [2.05, 4.69) is 16.0 Å². The average Bonchev–Trinajstić information content (AvgIpc) is 2.88. The molecule has 3 rings (SSSR count). The Balaban J connectivity index is 2.05. The topological polar surface area (TPSA) is 51.4 Å². The number of hydrogen-bond donors (Lipinski definition) is 1. The quantitative estimate of drug-likeness (QED) is 0.820. The number of anilines is 2. The molecule has 0 radical (unpaired) electrons. The molecule has 1 unspecified atom stereocenters. The van der Waals surface area contributed by atoms with Crippen molar-refractivity contribution in [2.24, 2.45) is 0 Å². The predicted molar refractivity (Wildman–Crippen MR) is 73.8 cm³/mol. The lowest BCUT2D eigenvalue weighted by atomic mass is 10.1. The molecule has 2 heterocycles. The van der Waals surface area contributed by atoms with Gasteiger partial charge in [-0.25, -0.2) is 0 Å². The Labute approximate surface area is 106 Å². The van der Waals surface area contributed by atoms with Crippen LogP contribution >= 0.6 is 0 Å². The van der Waals surface area contributed by atoms with Crippen molar-refractivity contribution in [3.8, 4) is 0 Å². The number of methoxy groups -OCH3 is 1. The fourth-order valence-corrected chi connectivity index (χ4v) is 2.61. The number of nitrogens with two attached hydrogens (primary N) is 1. The first-order valence-corrected chi connectivity index (χ1v) is 6.19. The van der Waals surface area contributed by atoms with Crippen LogP contribution < -0.4 is 10.6 Å². The first-order chi connectivity index (χ1) is 8.79. The highest BCUT2D eigenvalue weighted by Crippen LogP contribution is 2.32. The van der Waals surface area contributed by atoms with Crippen molar-refractivity contribution in [3.63, 3.8) is 0 Å². The van der Waals surface area contributed by atoms with E-state index in [1.807, 2.05) is 24.5 Å². The van der Waals surface area contributed by atoms with E-state index in [0.29, 0.717) is 6.10 Å². The lowest BCUT2D eigenvalue weighted by Gasteiger charge is -2.21. The second kappa shape index (κ2) is 4.46. The zero-order valence-corrected chi connectivity index (χ0v) is 10.5. The van der Waals surface area contributed by atoms with Crippen LogP contribution in [-0.4, -0.2) is 31.3 Å². The highest BCUT2D eigenvalue weighted by Gasteiger charge is 2.23. The molecule has 1 atom stereocenters. The van der Waals surface area contributed by atoms with E-state index >= 15 is 0 Å². The van der Waals surface area contributed by atoms with Gasteiger partial charge in [-0.2, -0.15) is 0 Å². The van der Waals surface area contributed by atoms with Crippen LogP contribution in [0.15, 0.2) is 30.6 Å². The summed E-state index contributed by atoms with van der Waals surface area (Å²) in [6.07, 6.45) is 5.06. The predicted octanol–water partition coefficient (Wildman–Crippen LogP) is 2.04. The molecule has 4 nitrogen and oxygen atoms in total. The standard InChI is InChI=1S/C14H17N3O/c1-18-10-5-7-17(9-10)14-3-2-13(15)12-8-16-6-4-11(12)14/h2-4,6,8,10H,5,7,9,15H2,1H3. The number of fused-ring (bicyclic) bond motifs is 1. The number of aromatic nitrogens is 1. The minimum atomic E-state index is 0.333. The molecule has 1 fully saturated rings. The first-order valence-electron chi connectivity index (χ1n) is 6.19. The Hall–Kier alpha value is -1.81. The van der Waals surface area contributed by atoms with E-state index in [9.17, 15) is 0 Å². The molecule has 94 valence electrons. The van der Waals surface area contributed by atoms with E-state index in [4.69, 9.17) is 10.5 Å². The Morgan fingerprint density at radius 2 is 2.22 bits per heavy atom. The van der Waals surface area contributed by atoms with Crippen LogP contribution in [0, 0.1) is 0 Å². The average molecular weight is 243 g/mol. The number of nitrogen functional groups attached to an aromatic ring is 1. The molecule has 1 aromatic heterocycles. The van der Waals surface area contributed by atoms with Gasteiger partial charge in [0.1, 0.15) is 0 Å². The second-order valence-corrected chi connectivity index (χ2v) is 4.69. The van der Waals surface area contributed by atoms with Gasteiger partial charge in [-0.3, -0.25) is 4.98 Å². The zero-order chi connectivity index (χ0) is 12.5. The number of benzene rings is 1. The summed E-state index contributed by atoms with van der Waals surface area (Å²) in [5, 5.41) is 2.19. The molecule has 0 amide bonds. The van der Waals surface area contributed by atoms with Crippen molar-refractivity contribution < 1.29 is 4.74 Å². The Bertz CT molecular complexity index is 570. The summed E-state index contributed by atoms with van der Waals surface area (Å²) in [5.74, 6) is 0. The van der Waals surface area contributed by atoms with Crippen molar-refractivity contribution in [1.82, 2.24) is 4.98 Å². The molecular weight excluding hydrogens is 226 g/mol.